The predicted molar refractivity (Wildman–Crippen MR) is 85.7 cm³/mol. The van der Waals surface area contributed by atoms with Crippen molar-refractivity contribution in [3.05, 3.63) is 24.5 Å². The van der Waals surface area contributed by atoms with Gasteiger partial charge >= 0.3 is 0 Å². The molecule has 1 fully saturated rings. The molecule has 0 radical (unpaired) electrons. The highest BCUT2D eigenvalue weighted by Crippen LogP contribution is 2.02. The molecule has 2 rings (SSSR count). The molecule has 0 bridgehead atoms. The molecule has 6 nitrogen and oxygen atoms in total. The molecule has 1 atom stereocenters. The molecule has 1 aliphatic heterocycles. The second kappa shape index (κ2) is 8.69. The minimum absolute atomic E-state index is 0.198. The average Bonchev–Trinajstić information content (AvgIpc) is 2.98. The van der Waals surface area contributed by atoms with Crippen LogP contribution in [0.4, 0.5) is 0 Å². The van der Waals surface area contributed by atoms with E-state index in [1.165, 1.54) is 0 Å². The first-order valence-electron chi connectivity index (χ1n) is 7.71. The Bertz CT molecular complexity index is 418. The van der Waals surface area contributed by atoms with Gasteiger partial charge in [-0.2, -0.15) is 0 Å². The summed E-state index contributed by atoms with van der Waals surface area (Å²) in [7, 11) is 2.12. The fourth-order valence-electron chi connectivity index (χ4n) is 2.33. The number of hydrogen-bond donors (Lipinski definition) is 2. The molecule has 2 N–H and O–H groups in total. The van der Waals surface area contributed by atoms with Gasteiger partial charge in [-0.15, -0.1) is 0 Å². The van der Waals surface area contributed by atoms with Gasteiger partial charge in [0.2, 0.25) is 0 Å². The predicted octanol–water partition coefficient (Wildman–Crippen LogP) is 0.374. The molecule has 1 aromatic heterocycles. The van der Waals surface area contributed by atoms with Crippen LogP contribution in [0.15, 0.2) is 29.5 Å². The van der Waals surface area contributed by atoms with Crippen LogP contribution in [0.3, 0.4) is 0 Å². The lowest BCUT2D eigenvalue weighted by Crippen LogP contribution is -2.43. The van der Waals surface area contributed by atoms with Crippen LogP contribution >= 0.6 is 0 Å². The van der Waals surface area contributed by atoms with Gasteiger partial charge in [-0.3, -0.25) is 4.99 Å². The van der Waals surface area contributed by atoms with Crippen molar-refractivity contribution in [3.63, 3.8) is 0 Å². The zero-order valence-electron chi connectivity index (χ0n) is 13.1. The van der Waals surface area contributed by atoms with Gasteiger partial charge in [0.1, 0.15) is 0 Å². The highest BCUT2D eigenvalue weighted by Gasteiger charge is 2.17. The summed E-state index contributed by atoms with van der Waals surface area (Å²) in [6.45, 7) is 8.18. The van der Waals surface area contributed by atoms with Gasteiger partial charge < -0.3 is 24.8 Å². The van der Waals surface area contributed by atoms with Crippen molar-refractivity contribution in [2.75, 3.05) is 46.4 Å². The van der Waals surface area contributed by atoms with Gasteiger partial charge in [0.25, 0.3) is 0 Å². The summed E-state index contributed by atoms with van der Waals surface area (Å²) in [5.41, 5.74) is 0. The lowest BCUT2D eigenvalue weighted by molar-refractivity contribution is -0.0136. The fourth-order valence-corrected chi connectivity index (χ4v) is 2.33. The van der Waals surface area contributed by atoms with Crippen molar-refractivity contribution in [1.29, 1.82) is 0 Å². The van der Waals surface area contributed by atoms with E-state index in [4.69, 9.17) is 4.74 Å². The molecule has 21 heavy (non-hydrogen) atoms. The van der Waals surface area contributed by atoms with Gasteiger partial charge in [0.05, 0.1) is 19.3 Å². The topological polar surface area (TPSA) is 53.8 Å². The van der Waals surface area contributed by atoms with Crippen LogP contribution in [0.2, 0.25) is 0 Å². The quantitative estimate of drug-likeness (QED) is 0.588. The molecule has 0 amide bonds. The third kappa shape index (κ3) is 5.77. The molecule has 0 aromatic carbocycles. The molecule has 0 spiro atoms. The molecule has 1 aliphatic rings. The Balaban J connectivity index is 1.75. The highest BCUT2D eigenvalue weighted by atomic mass is 16.5. The number of nitrogens with zero attached hydrogens (tertiary/aromatic N) is 3. The highest BCUT2D eigenvalue weighted by molar-refractivity contribution is 5.79. The number of ether oxygens (including phenoxy) is 1. The summed E-state index contributed by atoms with van der Waals surface area (Å²) in [5.74, 6) is 0.862. The first kappa shape index (κ1) is 15.9. The molecule has 118 valence electrons. The van der Waals surface area contributed by atoms with Gasteiger partial charge in [-0.25, -0.2) is 0 Å². The standard InChI is InChI=1S/C15H27N5O/c1-3-16-15(17-6-9-20-7-4-5-8-20)18-12-14-13-19(2)10-11-21-14/h4-5,7-8,14H,3,6,9-13H2,1-2H3,(H2,16,17,18). The Morgan fingerprint density at radius 2 is 2.14 bits per heavy atom. The first-order valence-corrected chi connectivity index (χ1v) is 7.71. The van der Waals surface area contributed by atoms with Crippen LogP contribution in [-0.2, 0) is 11.3 Å². The van der Waals surface area contributed by atoms with E-state index in [0.717, 1.165) is 45.3 Å². The number of rotatable bonds is 6. The molecule has 1 saturated heterocycles. The van der Waals surface area contributed by atoms with Crippen molar-refractivity contribution in [2.45, 2.75) is 19.6 Å². The molecule has 0 saturated carbocycles. The van der Waals surface area contributed by atoms with E-state index < -0.39 is 0 Å². The van der Waals surface area contributed by atoms with E-state index in [1.807, 2.05) is 12.1 Å². The minimum atomic E-state index is 0.198. The largest absolute Gasteiger partial charge is 0.374 e. The molecule has 0 aliphatic carbocycles. The number of aliphatic imine (C=N–C) groups is 1. The summed E-state index contributed by atoms with van der Waals surface area (Å²) in [6.07, 6.45) is 4.33. The van der Waals surface area contributed by atoms with Gasteiger partial charge in [0.15, 0.2) is 5.96 Å². The summed E-state index contributed by atoms with van der Waals surface area (Å²) >= 11 is 0. The van der Waals surface area contributed by atoms with E-state index in [2.05, 4.69) is 51.5 Å². The van der Waals surface area contributed by atoms with Crippen molar-refractivity contribution in [1.82, 2.24) is 20.1 Å². The van der Waals surface area contributed by atoms with Gasteiger partial charge in [-0.05, 0) is 26.1 Å². The monoisotopic (exact) mass is 293 g/mol. The third-order valence-corrected chi connectivity index (χ3v) is 3.47. The molecule has 1 aromatic rings. The zero-order valence-corrected chi connectivity index (χ0v) is 13.1. The fraction of sp³-hybridized carbons (Fsp3) is 0.667. The lowest BCUT2D eigenvalue weighted by atomic mass is 10.3. The normalized spacial score (nSPS) is 20.5. The number of guanidine groups is 1. The van der Waals surface area contributed by atoms with Crippen LogP contribution < -0.4 is 10.6 Å². The minimum Gasteiger partial charge on any atom is -0.374 e. The number of nitrogens with one attached hydrogen (secondary N) is 2. The Morgan fingerprint density at radius 1 is 1.33 bits per heavy atom. The Labute approximate surface area is 127 Å². The number of aromatic nitrogens is 1. The number of likely N-dealkylation sites (N-methyl/N-ethyl adjacent to an activating group) is 1. The summed E-state index contributed by atoms with van der Waals surface area (Å²) in [5, 5.41) is 6.63. The van der Waals surface area contributed by atoms with E-state index in [-0.39, 0.29) is 6.10 Å². The SMILES string of the molecule is CCNC(=NCC1CN(C)CCO1)NCCn1cccc1. The maximum Gasteiger partial charge on any atom is 0.191 e. The average molecular weight is 293 g/mol. The molecule has 6 heteroatoms. The third-order valence-electron chi connectivity index (χ3n) is 3.47. The zero-order chi connectivity index (χ0) is 14.9. The molecule has 1 unspecified atom stereocenters. The lowest BCUT2D eigenvalue weighted by Gasteiger charge is -2.29. The summed E-state index contributed by atoms with van der Waals surface area (Å²) in [4.78, 5) is 6.91. The van der Waals surface area contributed by atoms with E-state index in [1.54, 1.807) is 0 Å². The van der Waals surface area contributed by atoms with Crippen LogP contribution in [0, 0.1) is 0 Å². The maximum atomic E-state index is 5.73. The molecule has 2 heterocycles. The molecular weight excluding hydrogens is 266 g/mol. The smallest absolute Gasteiger partial charge is 0.191 e. The van der Waals surface area contributed by atoms with Gasteiger partial charge in [-0.1, -0.05) is 0 Å². The van der Waals surface area contributed by atoms with E-state index in [0.29, 0.717) is 6.54 Å². The van der Waals surface area contributed by atoms with Crippen LogP contribution in [0.25, 0.3) is 0 Å². The summed E-state index contributed by atoms with van der Waals surface area (Å²) < 4.78 is 7.88. The first-order chi connectivity index (χ1) is 10.3. The van der Waals surface area contributed by atoms with Crippen LogP contribution in [0.1, 0.15) is 6.92 Å². The van der Waals surface area contributed by atoms with Crippen LogP contribution in [0.5, 0.6) is 0 Å². The summed E-state index contributed by atoms with van der Waals surface area (Å²) in [6, 6.07) is 4.08. The number of hydrogen-bond acceptors (Lipinski definition) is 3. The Kier molecular flexibility index (Phi) is 6.56. The second-order valence-electron chi connectivity index (χ2n) is 5.32. The van der Waals surface area contributed by atoms with Crippen LogP contribution in [-0.4, -0.2) is 67.9 Å². The van der Waals surface area contributed by atoms with Crippen molar-refractivity contribution >= 4 is 5.96 Å². The van der Waals surface area contributed by atoms with Crippen molar-refractivity contribution in [2.24, 2.45) is 4.99 Å². The second-order valence-corrected chi connectivity index (χ2v) is 5.32. The van der Waals surface area contributed by atoms with Gasteiger partial charge in [0, 0.05) is 45.1 Å². The molecular formula is C15H27N5O. The van der Waals surface area contributed by atoms with Crippen molar-refractivity contribution in [3.8, 4) is 0 Å². The Hall–Kier alpha value is -1.53. The van der Waals surface area contributed by atoms with Crippen molar-refractivity contribution < 1.29 is 4.74 Å². The van der Waals surface area contributed by atoms with E-state index >= 15 is 0 Å². The maximum absolute atomic E-state index is 5.73. The Morgan fingerprint density at radius 3 is 2.86 bits per heavy atom. The van der Waals surface area contributed by atoms with E-state index in [9.17, 15) is 0 Å². The number of morpholine rings is 1.